The third-order valence-corrected chi connectivity index (χ3v) is 5.11. The molecule has 0 aliphatic carbocycles. The smallest absolute Gasteiger partial charge is 0.338 e. The van der Waals surface area contributed by atoms with E-state index >= 15 is 0 Å². The van der Waals surface area contributed by atoms with Crippen molar-refractivity contribution in [2.24, 2.45) is 0 Å². The van der Waals surface area contributed by atoms with Gasteiger partial charge in [-0.05, 0) is 49.9 Å². The molecule has 2 aromatic rings. The fraction of sp³-hybridized carbons (Fsp3) is 0.407. The minimum Gasteiger partial charge on any atom is -0.457 e. The van der Waals surface area contributed by atoms with Gasteiger partial charge in [0.1, 0.15) is 6.10 Å². The van der Waals surface area contributed by atoms with E-state index in [1.807, 2.05) is 36.4 Å². The molecule has 0 bridgehead atoms. The number of benzene rings is 2. The number of allylic oxidation sites excluding steroid dienone is 2. The lowest BCUT2D eigenvalue weighted by atomic mass is 10.1. The highest BCUT2D eigenvalue weighted by Gasteiger charge is 2.17. The molecule has 0 unspecified atom stereocenters. The van der Waals surface area contributed by atoms with Gasteiger partial charge in [0, 0.05) is 5.56 Å². The van der Waals surface area contributed by atoms with Crippen molar-refractivity contribution in [2.75, 3.05) is 6.54 Å². The molecule has 0 aliphatic rings. The van der Waals surface area contributed by atoms with Crippen molar-refractivity contribution >= 4 is 11.9 Å². The Bertz CT molecular complexity index is 787. The Kier molecular flexibility index (Phi) is 11.8. The first-order chi connectivity index (χ1) is 15.2. The second-order valence-electron chi connectivity index (χ2n) is 7.72. The summed E-state index contributed by atoms with van der Waals surface area (Å²) in [6.45, 7) is 2.51. The Labute approximate surface area is 186 Å². The van der Waals surface area contributed by atoms with E-state index in [2.05, 4.69) is 24.4 Å². The fourth-order valence-electron chi connectivity index (χ4n) is 3.28. The number of nitrogens with one attached hydrogen (secondary N) is 1. The molecule has 4 heteroatoms. The minimum atomic E-state index is -0.380. The Balaban J connectivity index is 1.83. The zero-order valence-corrected chi connectivity index (χ0v) is 18.6. The predicted molar refractivity (Wildman–Crippen MR) is 126 cm³/mol. The number of amides is 1. The Hall–Kier alpha value is -2.88. The van der Waals surface area contributed by atoms with Gasteiger partial charge in [0.2, 0.25) is 0 Å². The molecule has 0 saturated heterocycles. The van der Waals surface area contributed by atoms with Gasteiger partial charge < -0.3 is 10.1 Å². The third-order valence-electron chi connectivity index (χ3n) is 5.11. The monoisotopic (exact) mass is 421 g/mol. The molecule has 0 aromatic heterocycles. The lowest BCUT2D eigenvalue weighted by molar-refractivity contribution is 0.0281. The van der Waals surface area contributed by atoms with Crippen molar-refractivity contribution in [2.45, 2.75) is 64.4 Å². The summed E-state index contributed by atoms with van der Waals surface area (Å²) in [5.74, 6) is -0.525. The highest BCUT2D eigenvalue weighted by molar-refractivity contribution is 5.94. The zero-order valence-electron chi connectivity index (χ0n) is 18.6. The van der Waals surface area contributed by atoms with Crippen LogP contribution in [0.3, 0.4) is 0 Å². The van der Waals surface area contributed by atoms with Crippen LogP contribution in [0.4, 0.5) is 0 Å². The number of hydrogen-bond donors (Lipinski definition) is 1. The normalized spacial score (nSPS) is 11.9. The van der Waals surface area contributed by atoms with E-state index in [0.717, 1.165) is 12.8 Å². The van der Waals surface area contributed by atoms with Crippen LogP contribution in [0.25, 0.3) is 0 Å². The summed E-state index contributed by atoms with van der Waals surface area (Å²) in [5.41, 5.74) is 1.11. The quantitative estimate of drug-likeness (QED) is 0.220. The maximum Gasteiger partial charge on any atom is 0.338 e. The molecular weight excluding hydrogens is 386 g/mol. The second kappa shape index (κ2) is 15.0. The zero-order chi connectivity index (χ0) is 22.2. The molecular formula is C27H35NO3. The van der Waals surface area contributed by atoms with Gasteiger partial charge in [-0.25, -0.2) is 4.79 Å². The topological polar surface area (TPSA) is 55.4 Å². The first-order valence-corrected chi connectivity index (χ1v) is 11.4. The average Bonchev–Trinajstić information content (AvgIpc) is 2.82. The molecule has 2 rings (SSSR count). The van der Waals surface area contributed by atoms with Crippen molar-refractivity contribution < 1.29 is 14.3 Å². The number of hydrogen-bond acceptors (Lipinski definition) is 3. The number of unbranched alkanes of at least 4 members (excludes halogenated alkanes) is 5. The van der Waals surface area contributed by atoms with Crippen molar-refractivity contribution in [3.8, 4) is 0 Å². The van der Waals surface area contributed by atoms with Crippen LogP contribution in [0, 0.1) is 0 Å². The highest BCUT2D eigenvalue weighted by Crippen LogP contribution is 2.10. The number of ether oxygens (including phenoxy) is 1. The van der Waals surface area contributed by atoms with E-state index in [-0.39, 0.29) is 24.5 Å². The molecule has 166 valence electrons. The molecule has 0 heterocycles. The van der Waals surface area contributed by atoms with Gasteiger partial charge in [-0.15, -0.1) is 0 Å². The van der Waals surface area contributed by atoms with E-state index < -0.39 is 0 Å². The second-order valence-corrected chi connectivity index (χ2v) is 7.72. The third kappa shape index (κ3) is 10.1. The number of carbonyl (C=O) groups excluding carboxylic acids is 2. The van der Waals surface area contributed by atoms with E-state index in [4.69, 9.17) is 4.74 Å². The Morgan fingerprint density at radius 1 is 0.839 bits per heavy atom. The van der Waals surface area contributed by atoms with E-state index in [1.54, 1.807) is 24.3 Å². The van der Waals surface area contributed by atoms with Crippen molar-refractivity contribution in [3.05, 3.63) is 83.9 Å². The summed E-state index contributed by atoms with van der Waals surface area (Å²) in [6, 6.07) is 18.0. The molecule has 0 aliphatic heterocycles. The lowest BCUT2D eigenvalue weighted by Gasteiger charge is -2.18. The van der Waals surface area contributed by atoms with Gasteiger partial charge in [-0.3, -0.25) is 4.79 Å². The van der Waals surface area contributed by atoms with Crippen LogP contribution < -0.4 is 5.32 Å². The van der Waals surface area contributed by atoms with Gasteiger partial charge in [-0.1, -0.05) is 81.2 Å². The summed E-state index contributed by atoms with van der Waals surface area (Å²) in [5, 5.41) is 2.90. The largest absolute Gasteiger partial charge is 0.457 e. The summed E-state index contributed by atoms with van der Waals surface area (Å²) >= 11 is 0. The highest BCUT2D eigenvalue weighted by atomic mass is 16.5. The van der Waals surface area contributed by atoms with E-state index in [0.29, 0.717) is 17.5 Å². The number of rotatable bonds is 14. The molecule has 0 spiro atoms. The van der Waals surface area contributed by atoms with Crippen LogP contribution in [-0.2, 0) is 4.74 Å². The maximum absolute atomic E-state index is 12.5. The lowest BCUT2D eigenvalue weighted by Crippen LogP contribution is -2.35. The molecule has 0 fully saturated rings. The number of esters is 1. The molecule has 2 aromatic carbocycles. The molecule has 0 radical (unpaired) electrons. The molecule has 1 N–H and O–H groups in total. The Morgan fingerprint density at radius 2 is 1.45 bits per heavy atom. The van der Waals surface area contributed by atoms with E-state index in [1.165, 1.54) is 32.1 Å². The average molecular weight is 422 g/mol. The standard InChI is InChI=1S/C27H35NO3/c1-2-3-4-5-6-7-8-9-16-21-25(31-27(30)24-19-14-11-15-20-24)22-28-26(29)23-17-12-10-13-18-23/h8-15,17-20,25H,2-7,16,21-22H2,1H3,(H,28,29)/b9-8+/t25-/m1/s1. The first-order valence-electron chi connectivity index (χ1n) is 11.4. The SMILES string of the molecule is CCCCCCC/C=C/CC[C@H](CNC(=O)c1ccccc1)OC(=O)c1ccccc1. The van der Waals surface area contributed by atoms with Gasteiger partial charge in [0.25, 0.3) is 5.91 Å². The maximum atomic E-state index is 12.5. The van der Waals surface area contributed by atoms with Crippen LogP contribution in [0.1, 0.15) is 79.0 Å². The van der Waals surface area contributed by atoms with Crippen LogP contribution in [0.2, 0.25) is 0 Å². The fourth-order valence-corrected chi connectivity index (χ4v) is 3.28. The Morgan fingerprint density at radius 3 is 2.13 bits per heavy atom. The van der Waals surface area contributed by atoms with Gasteiger partial charge in [-0.2, -0.15) is 0 Å². The summed E-state index contributed by atoms with van der Waals surface area (Å²) < 4.78 is 5.71. The van der Waals surface area contributed by atoms with Crippen molar-refractivity contribution in [1.82, 2.24) is 5.32 Å². The van der Waals surface area contributed by atoms with Crippen molar-refractivity contribution in [3.63, 3.8) is 0 Å². The predicted octanol–water partition coefficient (Wildman–Crippen LogP) is 6.34. The van der Waals surface area contributed by atoms with Gasteiger partial charge in [0.15, 0.2) is 0 Å². The van der Waals surface area contributed by atoms with Crippen LogP contribution in [0.15, 0.2) is 72.8 Å². The van der Waals surface area contributed by atoms with E-state index in [9.17, 15) is 9.59 Å². The van der Waals surface area contributed by atoms with Crippen molar-refractivity contribution in [1.29, 1.82) is 0 Å². The minimum absolute atomic E-state index is 0.163. The first kappa shape index (κ1) is 24.4. The summed E-state index contributed by atoms with van der Waals surface area (Å²) in [6.07, 6.45) is 12.9. The van der Waals surface area contributed by atoms with Crippen LogP contribution >= 0.6 is 0 Å². The van der Waals surface area contributed by atoms with Crippen LogP contribution in [0.5, 0.6) is 0 Å². The summed E-state index contributed by atoms with van der Waals surface area (Å²) in [7, 11) is 0. The summed E-state index contributed by atoms with van der Waals surface area (Å²) in [4.78, 5) is 24.8. The molecule has 1 atom stereocenters. The van der Waals surface area contributed by atoms with Crippen LogP contribution in [-0.4, -0.2) is 24.5 Å². The molecule has 31 heavy (non-hydrogen) atoms. The molecule has 4 nitrogen and oxygen atoms in total. The van der Waals surface area contributed by atoms with Gasteiger partial charge in [0.05, 0.1) is 12.1 Å². The van der Waals surface area contributed by atoms with Gasteiger partial charge >= 0.3 is 5.97 Å². The molecule has 0 saturated carbocycles. The number of carbonyl (C=O) groups is 2. The molecule has 1 amide bonds.